The van der Waals surface area contributed by atoms with E-state index >= 15 is 0 Å². The van der Waals surface area contributed by atoms with Gasteiger partial charge >= 0.3 is 5.97 Å². The summed E-state index contributed by atoms with van der Waals surface area (Å²) >= 11 is 0. The van der Waals surface area contributed by atoms with Crippen molar-refractivity contribution in [3.8, 4) is 0 Å². The predicted molar refractivity (Wildman–Crippen MR) is 75.8 cm³/mol. The third-order valence-electron chi connectivity index (χ3n) is 5.60. The van der Waals surface area contributed by atoms with E-state index in [0.717, 1.165) is 25.8 Å². The van der Waals surface area contributed by atoms with Gasteiger partial charge < -0.3 is 10.5 Å². The Morgan fingerprint density at radius 3 is 2.58 bits per heavy atom. The van der Waals surface area contributed by atoms with Gasteiger partial charge in [-0.3, -0.25) is 9.69 Å². The number of hydrogen-bond acceptors (Lipinski definition) is 4. The van der Waals surface area contributed by atoms with E-state index < -0.39 is 5.54 Å². The highest BCUT2D eigenvalue weighted by Crippen LogP contribution is 2.41. The minimum atomic E-state index is -0.747. The lowest BCUT2D eigenvalue weighted by Crippen LogP contribution is -2.48. The molecule has 4 nitrogen and oxygen atoms in total. The summed E-state index contributed by atoms with van der Waals surface area (Å²) in [7, 11) is 1.43. The zero-order valence-electron chi connectivity index (χ0n) is 12.6. The van der Waals surface area contributed by atoms with Gasteiger partial charge in [0.1, 0.15) is 5.54 Å². The molecule has 2 unspecified atom stereocenters. The summed E-state index contributed by atoms with van der Waals surface area (Å²) in [5.41, 5.74) is 5.95. The van der Waals surface area contributed by atoms with Gasteiger partial charge in [0.05, 0.1) is 7.11 Å². The lowest BCUT2D eigenvalue weighted by Gasteiger charge is -2.30. The molecule has 1 saturated heterocycles. The Hall–Kier alpha value is -0.610. The molecule has 0 bridgehead atoms. The van der Waals surface area contributed by atoms with Gasteiger partial charge in [0.2, 0.25) is 0 Å². The molecule has 0 aromatic rings. The number of carbonyl (C=O) groups excluding carboxylic acids is 1. The van der Waals surface area contributed by atoms with Gasteiger partial charge in [-0.1, -0.05) is 13.8 Å². The maximum Gasteiger partial charge on any atom is 0.325 e. The summed E-state index contributed by atoms with van der Waals surface area (Å²) in [6.45, 7) is 6.91. The molecule has 1 aliphatic heterocycles. The first-order chi connectivity index (χ1) is 8.98. The number of esters is 1. The van der Waals surface area contributed by atoms with Gasteiger partial charge in [0.25, 0.3) is 0 Å². The van der Waals surface area contributed by atoms with Crippen LogP contribution >= 0.6 is 0 Å². The van der Waals surface area contributed by atoms with E-state index in [0.29, 0.717) is 11.5 Å². The number of nitrogens with two attached hydrogens (primary N) is 1. The molecule has 4 heteroatoms. The van der Waals surface area contributed by atoms with Crippen LogP contribution in [0.25, 0.3) is 0 Å². The largest absolute Gasteiger partial charge is 0.468 e. The summed E-state index contributed by atoms with van der Waals surface area (Å²) in [4.78, 5) is 14.3. The molecule has 2 rings (SSSR count). The molecule has 1 saturated carbocycles. The van der Waals surface area contributed by atoms with Crippen molar-refractivity contribution < 1.29 is 9.53 Å². The third-order valence-corrected chi connectivity index (χ3v) is 5.60. The third kappa shape index (κ3) is 2.65. The molecule has 2 aliphatic rings. The standard InChI is InChI=1S/C15H28N2O2/c1-4-14(5-2)8-9-17(11-14)12-6-7-15(16,10-12)13(18)19-3/h12H,4-11,16H2,1-3H3. The van der Waals surface area contributed by atoms with Crippen molar-refractivity contribution in [2.45, 2.75) is 64.0 Å². The summed E-state index contributed by atoms with van der Waals surface area (Å²) < 4.78 is 4.85. The Labute approximate surface area is 116 Å². The van der Waals surface area contributed by atoms with Crippen LogP contribution in [0.1, 0.15) is 52.4 Å². The van der Waals surface area contributed by atoms with E-state index in [-0.39, 0.29) is 5.97 Å². The second-order valence-corrected chi connectivity index (χ2v) is 6.47. The molecule has 2 N–H and O–H groups in total. The van der Waals surface area contributed by atoms with Crippen LogP contribution in [0.2, 0.25) is 0 Å². The highest BCUT2D eigenvalue weighted by molar-refractivity contribution is 5.81. The monoisotopic (exact) mass is 268 g/mol. The van der Waals surface area contributed by atoms with Gasteiger partial charge in [-0.2, -0.15) is 0 Å². The summed E-state index contributed by atoms with van der Waals surface area (Å²) in [5, 5.41) is 0. The topological polar surface area (TPSA) is 55.6 Å². The summed E-state index contributed by atoms with van der Waals surface area (Å²) in [6, 6.07) is 0.462. The fraction of sp³-hybridized carbons (Fsp3) is 0.933. The highest BCUT2D eigenvalue weighted by Gasteiger charge is 2.47. The van der Waals surface area contributed by atoms with Crippen LogP contribution < -0.4 is 5.73 Å². The average molecular weight is 268 g/mol. The van der Waals surface area contributed by atoms with E-state index in [9.17, 15) is 4.79 Å². The Kier molecular flexibility index (Phi) is 4.21. The van der Waals surface area contributed by atoms with Crippen molar-refractivity contribution >= 4 is 5.97 Å². The number of nitrogens with zero attached hydrogens (tertiary/aromatic N) is 1. The fourth-order valence-corrected chi connectivity index (χ4v) is 3.86. The number of rotatable bonds is 4. The first kappa shape index (κ1) is 14.8. The van der Waals surface area contributed by atoms with Crippen molar-refractivity contribution in [1.29, 1.82) is 0 Å². The molecule has 2 fully saturated rings. The quantitative estimate of drug-likeness (QED) is 0.792. The molecule has 1 heterocycles. The Morgan fingerprint density at radius 2 is 2.05 bits per heavy atom. The molecule has 19 heavy (non-hydrogen) atoms. The van der Waals surface area contributed by atoms with Crippen LogP contribution in [0, 0.1) is 5.41 Å². The number of likely N-dealkylation sites (tertiary alicyclic amines) is 1. The number of methoxy groups -OCH3 is 1. The van der Waals surface area contributed by atoms with Gasteiger partial charge in [0, 0.05) is 12.6 Å². The summed E-state index contributed by atoms with van der Waals surface area (Å²) in [6.07, 6.45) is 6.31. The van der Waals surface area contributed by atoms with Crippen LogP contribution in [-0.4, -0.2) is 42.6 Å². The lowest BCUT2D eigenvalue weighted by atomic mass is 9.82. The molecule has 0 aromatic heterocycles. The number of carbonyl (C=O) groups is 1. The smallest absolute Gasteiger partial charge is 0.325 e. The number of ether oxygens (including phenoxy) is 1. The van der Waals surface area contributed by atoms with Crippen molar-refractivity contribution in [3.05, 3.63) is 0 Å². The van der Waals surface area contributed by atoms with Crippen LogP contribution in [0.15, 0.2) is 0 Å². The zero-order chi connectivity index (χ0) is 14.1. The molecule has 0 spiro atoms. The Balaban J connectivity index is 1.97. The maximum absolute atomic E-state index is 11.8. The SMILES string of the molecule is CCC1(CC)CCN(C2CCC(N)(C(=O)OC)C2)C1. The van der Waals surface area contributed by atoms with Gasteiger partial charge in [0.15, 0.2) is 0 Å². The molecule has 0 amide bonds. The minimum absolute atomic E-state index is 0.244. The Bertz CT molecular complexity index is 341. The van der Waals surface area contributed by atoms with Gasteiger partial charge in [-0.15, -0.1) is 0 Å². The zero-order valence-corrected chi connectivity index (χ0v) is 12.6. The van der Waals surface area contributed by atoms with Crippen LogP contribution in [0.5, 0.6) is 0 Å². The molecule has 0 aromatic carbocycles. The van der Waals surface area contributed by atoms with Crippen molar-refractivity contribution in [2.75, 3.05) is 20.2 Å². The maximum atomic E-state index is 11.8. The van der Waals surface area contributed by atoms with E-state index in [4.69, 9.17) is 10.5 Å². The molecule has 2 atom stereocenters. The first-order valence-electron chi connectivity index (χ1n) is 7.60. The van der Waals surface area contributed by atoms with Gasteiger partial charge in [-0.05, 0) is 50.5 Å². The fourth-order valence-electron chi connectivity index (χ4n) is 3.86. The summed E-state index contributed by atoms with van der Waals surface area (Å²) in [5.74, 6) is -0.244. The van der Waals surface area contributed by atoms with Crippen LogP contribution in [0.4, 0.5) is 0 Å². The van der Waals surface area contributed by atoms with Crippen molar-refractivity contribution in [3.63, 3.8) is 0 Å². The van der Waals surface area contributed by atoms with Crippen molar-refractivity contribution in [2.24, 2.45) is 11.1 Å². The van der Waals surface area contributed by atoms with Crippen LogP contribution in [-0.2, 0) is 9.53 Å². The molecular formula is C15H28N2O2. The van der Waals surface area contributed by atoms with Crippen molar-refractivity contribution in [1.82, 2.24) is 4.90 Å². The predicted octanol–water partition coefficient (Wildman–Crippen LogP) is 1.92. The second-order valence-electron chi connectivity index (χ2n) is 6.47. The van der Waals surface area contributed by atoms with E-state index in [2.05, 4.69) is 18.7 Å². The number of hydrogen-bond donors (Lipinski definition) is 1. The average Bonchev–Trinajstić information content (AvgIpc) is 3.03. The van der Waals surface area contributed by atoms with Crippen LogP contribution in [0.3, 0.4) is 0 Å². The van der Waals surface area contributed by atoms with E-state index in [1.165, 1.54) is 32.9 Å². The normalized spacial score (nSPS) is 34.6. The molecule has 110 valence electrons. The Morgan fingerprint density at radius 1 is 1.37 bits per heavy atom. The second kappa shape index (κ2) is 5.41. The first-order valence-corrected chi connectivity index (χ1v) is 7.60. The molecular weight excluding hydrogens is 240 g/mol. The van der Waals surface area contributed by atoms with Gasteiger partial charge in [-0.25, -0.2) is 0 Å². The molecule has 0 radical (unpaired) electrons. The molecule has 1 aliphatic carbocycles. The minimum Gasteiger partial charge on any atom is -0.468 e. The van der Waals surface area contributed by atoms with E-state index in [1.807, 2.05) is 0 Å². The lowest BCUT2D eigenvalue weighted by molar-refractivity contribution is -0.146. The van der Waals surface area contributed by atoms with E-state index in [1.54, 1.807) is 0 Å². The highest BCUT2D eigenvalue weighted by atomic mass is 16.5.